The lowest BCUT2D eigenvalue weighted by Gasteiger charge is -2.17. The minimum absolute atomic E-state index is 0.0878. The Kier molecular flexibility index (Phi) is 6.48. The number of nitrogens with one attached hydrogen (secondary N) is 1. The number of benzene rings is 1. The maximum Gasteiger partial charge on any atom is 0.266 e. The van der Waals surface area contributed by atoms with E-state index >= 15 is 0 Å². The minimum atomic E-state index is -0.910. The molecule has 1 aromatic heterocycles. The van der Waals surface area contributed by atoms with E-state index in [2.05, 4.69) is 9.88 Å². The standard InChI is InChI=1S/C20H21F2N3O2/c1-12-7-15(14(3)25(12)13(2)11-27-4)8-16(10-23)20(26)24-19-6-5-17(21)9-18(19)22/h5-9,13H,11H2,1-4H3,(H,24,26)/b16-8+. The van der Waals surface area contributed by atoms with Crippen molar-refractivity contribution in [2.75, 3.05) is 19.0 Å². The molecular weight excluding hydrogens is 352 g/mol. The minimum Gasteiger partial charge on any atom is -0.383 e. The van der Waals surface area contributed by atoms with Crippen LogP contribution in [0.4, 0.5) is 14.5 Å². The van der Waals surface area contributed by atoms with Crippen LogP contribution >= 0.6 is 0 Å². The van der Waals surface area contributed by atoms with Crippen LogP contribution in [0.15, 0.2) is 29.8 Å². The molecule has 1 N–H and O–H groups in total. The highest BCUT2D eigenvalue weighted by Crippen LogP contribution is 2.23. The van der Waals surface area contributed by atoms with E-state index in [-0.39, 0.29) is 17.3 Å². The number of rotatable bonds is 6. The van der Waals surface area contributed by atoms with Crippen molar-refractivity contribution >= 4 is 17.7 Å². The highest BCUT2D eigenvalue weighted by molar-refractivity contribution is 6.09. The molecule has 142 valence electrons. The second-order valence-corrected chi connectivity index (χ2v) is 6.25. The second kappa shape index (κ2) is 8.60. The van der Waals surface area contributed by atoms with Gasteiger partial charge in [0.2, 0.25) is 0 Å². The van der Waals surface area contributed by atoms with Crippen LogP contribution in [0.3, 0.4) is 0 Å². The smallest absolute Gasteiger partial charge is 0.266 e. The van der Waals surface area contributed by atoms with E-state index in [1.54, 1.807) is 7.11 Å². The van der Waals surface area contributed by atoms with E-state index < -0.39 is 17.5 Å². The molecule has 0 bridgehead atoms. The predicted octanol–water partition coefficient (Wildman–Crippen LogP) is 4.14. The van der Waals surface area contributed by atoms with Gasteiger partial charge in [-0.15, -0.1) is 0 Å². The van der Waals surface area contributed by atoms with Gasteiger partial charge in [-0.2, -0.15) is 5.26 Å². The molecule has 0 saturated heterocycles. The van der Waals surface area contributed by atoms with Crippen molar-refractivity contribution < 1.29 is 18.3 Å². The van der Waals surface area contributed by atoms with Gasteiger partial charge in [-0.05, 0) is 50.6 Å². The third kappa shape index (κ3) is 4.60. The van der Waals surface area contributed by atoms with Gasteiger partial charge in [-0.25, -0.2) is 8.78 Å². The summed E-state index contributed by atoms with van der Waals surface area (Å²) < 4.78 is 33.9. The molecular formula is C20H21F2N3O2. The molecule has 0 fully saturated rings. The van der Waals surface area contributed by atoms with Gasteiger partial charge in [0.15, 0.2) is 0 Å². The molecule has 1 atom stereocenters. The molecule has 0 spiro atoms. The molecule has 2 aromatic rings. The van der Waals surface area contributed by atoms with Crippen molar-refractivity contribution in [2.24, 2.45) is 0 Å². The lowest BCUT2D eigenvalue weighted by molar-refractivity contribution is -0.112. The molecule has 0 radical (unpaired) electrons. The summed E-state index contributed by atoms with van der Waals surface area (Å²) in [4.78, 5) is 12.3. The van der Waals surface area contributed by atoms with Gasteiger partial charge >= 0.3 is 0 Å². The zero-order valence-corrected chi connectivity index (χ0v) is 15.6. The van der Waals surface area contributed by atoms with Crippen LogP contribution < -0.4 is 5.32 Å². The van der Waals surface area contributed by atoms with Crippen molar-refractivity contribution in [3.63, 3.8) is 0 Å². The normalized spacial score (nSPS) is 12.6. The largest absolute Gasteiger partial charge is 0.383 e. The Labute approximate surface area is 156 Å². The molecule has 1 heterocycles. The average molecular weight is 373 g/mol. The Bertz CT molecular complexity index is 926. The van der Waals surface area contributed by atoms with Crippen molar-refractivity contribution in [2.45, 2.75) is 26.8 Å². The fraction of sp³-hybridized carbons (Fsp3) is 0.300. The van der Waals surface area contributed by atoms with Gasteiger partial charge in [0.05, 0.1) is 18.3 Å². The maximum atomic E-state index is 13.7. The van der Waals surface area contributed by atoms with Gasteiger partial charge in [-0.1, -0.05) is 0 Å². The Morgan fingerprint density at radius 1 is 1.37 bits per heavy atom. The van der Waals surface area contributed by atoms with Gasteiger partial charge in [-0.3, -0.25) is 4.79 Å². The van der Waals surface area contributed by atoms with E-state index in [0.29, 0.717) is 18.2 Å². The van der Waals surface area contributed by atoms with Crippen LogP contribution in [0, 0.1) is 36.8 Å². The number of nitriles is 1. The Balaban J connectivity index is 2.32. The maximum absolute atomic E-state index is 13.7. The molecule has 1 unspecified atom stereocenters. The topological polar surface area (TPSA) is 67.0 Å². The van der Waals surface area contributed by atoms with E-state index in [4.69, 9.17) is 4.74 Å². The molecule has 0 aliphatic rings. The summed E-state index contributed by atoms with van der Waals surface area (Å²) in [5, 5.41) is 11.6. The number of hydrogen-bond acceptors (Lipinski definition) is 3. The Morgan fingerprint density at radius 2 is 2.07 bits per heavy atom. The summed E-state index contributed by atoms with van der Waals surface area (Å²) in [5.41, 5.74) is 2.18. The lowest BCUT2D eigenvalue weighted by Crippen LogP contribution is -2.15. The summed E-state index contributed by atoms with van der Waals surface area (Å²) in [6.07, 6.45) is 1.45. The predicted molar refractivity (Wildman–Crippen MR) is 99.1 cm³/mol. The number of carbonyl (C=O) groups excluding carboxylic acids is 1. The number of carbonyl (C=O) groups is 1. The zero-order chi connectivity index (χ0) is 20.1. The van der Waals surface area contributed by atoms with Gasteiger partial charge in [0.25, 0.3) is 5.91 Å². The van der Waals surface area contributed by atoms with Crippen LogP contribution in [-0.4, -0.2) is 24.2 Å². The van der Waals surface area contributed by atoms with Gasteiger partial charge in [0, 0.05) is 24.6 Å². The number of nitrogens with zero attached hydrogens (tertiary/aromatic N) is 2. The first-order valence-corrected chi connectivity index (χ1v) is 8.34. The van der Waals surface area contributed by atoms with Gasteiger partial charge in [0.1, 0.15) is 23.3 Å². The second-order valence-electron chi connectivity index (χ2n) is 6.25. The van der Waals surface area contributed by atoms with E-state index in [1.165, 1.54) is 6.08 Å². The third-order valence-electron chi connectivity index (χ3n) is 4.22. The monoisotopic (exact) mass is 373 g/mol. The molecule has 0 aliphatic carbocycles. The van der Waals surface area contributed by atoms with Crippen molar-refractivity contribution in [3.8, 4) is 6.07 Å². The Morgan fingerprint density at radius 3 is 2.67 bits per heavy atom. The fourth-order valence-electron chi connectivity index (χ4n) is 3.03. The number of methoxy groups -OCH3 is 1. The van der Waals surface area contributed by atoms with Crippen LogP contribution in [-0.2, 0) is 9.53 Å². The van der Waals surface area contributed by atoms with Crippen LogP contribution in [0.25, 0.3) is 6.08 Å². The molecule has 0 aliphatic heterocycles. The highest BCUT2D eigenvalue weighted by Gasteiger charge is 2.17. The van der Waals surface area contributed by atoms with Crippen LogP contribution in [0.5, 0.6) is 0 Å². The number of ether oxygens (including phenoxy) is 1. The van der Waals surface area contributed by atoms with Gasteiger partial charge < -0.3 is 14.6 Å². The van der Waals surface area contributed by atoms with E-state index in [0.717, 1.165) is 23.5 Å². The average Bonchev–Trinajstić information content (AvgIpc) is 2.88. The summed E-state index contributed by atoms with van der Waals surface area (Å²) in [5.74, 6) is -2.43. The number of aryl methyl sites for hydroxylation is 1. The highest BCUT2D eigenvalue weighted by atomic mass is 19.1. The summed E-state index contributed by atoms with van der Waals surface area (Å²) >= 11 is 0. The number of anilines is 1. The van der Waals surface area contributed by atoms with Crippen molar-refractivity contribution in [3.05, 3.63) is 58.4 Å². The molecule has 5 nitrogen and oxygen atoms in total. The first-order chi connectivity index (χ1) is 12.8. The third-order valence-corrected chi connectivity index (χ3v) is 4.22. The molecule has 1 amide bonds. The first-order valence-electron chi connectivity index (χ1n) is 8.34. The SMILES string of the molecule is COCC(C)n1c(C)cc(/C=C(\C#N)C(=O)Nc2ccc(F)cc2F)c1C. The first kappa shape index (κ1) is 20.3. The van der Waals surface area contributed by atoms with Crippen molar-refractivity contribution in [1.29, 1.82) is 5.26 Å². The van der Waals surface area contributed by atoms with Crippen LogP contribution in [0.1, 0.15) is 29.9 Å². The molecule has 1 aromatic carbocycles. The summed E-state index contributed by atoms with van der Waals surface area (Å²) in [7, 11) is 1.62. The Hall–Kier alpha value is -2.98. The molecule has 27 heavy (non-hydrogen) atoms. The zero-order valence-electron chi connectivity index (χ0n) is 15.6. The number of hydrogen-bond donors (Lipinski definition) is 1. The summed E-state index contributed by atoms with van der Waals surface area (Å²) in [6, 6.07) is 6.58. The van der Waals surface area contributed by atoms with Crippen molar-refractivity contribution in [1.82, 2.24) is 4.57 Å². The van der Waals surface area contributed by atoms with E-state index in [1.807, 2.05) is 32.9 Å². The molecule has 0 saturated carbocycles. The molecule has 2 rings (SSSR count). The van der Waals surface area contributed by atoms with Crippen LogP contribution in [0.2, 0.25) is 0 Å². The molecule has 7 heteroatoms. The summed E-state index contributed by atoms with van der Waals surface area (Å²) in [6.45, 7) is 6.34. The number of aromatic nitrogens is 1. The number of amides is 1. The van der Waals surface area contributed by atoms with E-state index in [9.17, 15) is 18.8 Å². The number of halogens is 2. The quantitative estimate of drug-likeness (QED) is 0.611. The lowest BCUT2D eigenvalue weighted by atomic mass is 10.1. The fourth-order valence-corrected chi connectivity index (χ4v) is 3.03.